The molecule has 9 heteroatoms. The number of hydrogen-bond acceptors (Lipinski definition) is 5. The molecule has 0 saturated heterocycles. The van der Waals surface area contributed by atoms with Crippen LogP contribution in [0.1, 0.15) is 58.3 Å². The van der Waals surface area contributed by atoms with Crippen LogP contribution in [0.25, 0.3) is 0 Å². The molecule has 206 valence electrons. The van der Waals surface area contributed by atoms with Gasteiger partial charge in [0.15, 0.2) is 5.75 Å². The normalized spacial score (nSPS) is 18.1. The van der Waals surface area contributed by atoms with Crippen LogP contribution >= 0.6 is 0 Å². The minimum atomic E-state index is -2.32. The van der Waals surface area contributed by atoms with Gasteiger partial charge in [-0.15, -0.1) is 0 Å². The van der Waals surface area contributed by atoms with Crippen molar-refractivity contribution in [2.75, 3.05) is 25.3 Å². The SMILES string of the molecule is COc1cc2c(cc1O[Si](C(C)C)(C(C)C)C(C)C)N(COCC[Si](C)(C)C)C(=O)[C@@H]1CC=CN1C2=O. The van der Waals surface area contributed by atoms with Gasteiger partial charge in [0.2, 0.25) is 0 Å². The lowest BCUT2D eigenvalue weighted by Crippen LogP contribution is -2.50. The van der Waals surface area contributed by atoms with Gasteiger partial charge in [-0.25, -0.2) is 0 Å². The number of benzene rings is 1. The van der Waals surface area contributed by atoms with Crippen molar-refractivity contribution < 1.29 is 23.5 Å². The van der Waals surface area contributed by atoms with E-state index >= 15 is 0 Å². The van der Waals surface area contributed by atoms with Gasteiger partial charge in [0.05, 0.1) is 18.4 Å². The molecule has 2 aliphatic rings. The molecule has 2 aliphatic heterocycles. The maximum atomic E-state index is 13.8. The van der Waals surface area contributed by atoms with Crippen molar-refractivity contribution >= 4 is 33.9 Å². The molecule has 3 rings (SSSR count). The lowest BCUT2D eigenvalue weighted by molar-refractivity contribution is -0.123. The molecule has 0 unspecified atom stereocenters. The highest BCUT2D eigenvalue weighted by Gasteiger charge is 2.48. The van der Waals surface area contributed by atoms with Crippen LogP contribution in [0.3, 0.4) is 0 Å². The Morgan fingerprint density at radius 2 is 1.59 bits per heavy atom. The quantitative estimate of drug-likeness (QED) is 0.230. The Labute approximate surface area is 225 Å². The molecule has 0 N–H and O–H groups in total. The molecule has 2 amide bonds. The highest BCUT2D eigenvalue weighted by molar-refractivity contribution is 6.78. The van der Waals surface area contributed by atoms with Gasteiger partial charge in [0.1, 0.15) is 18.5 Å². The third kappa shape index (κ3) is 5.83. The summed E-state index contributed by atoms with van der Waals surface area (Å²) in [4.78, 5) is 30.6. The Hall–Kier alpha value is -2.11. The topological polar surface area (TPSA) is 68.3 Å². The van der Waals surface area contributed by atoms with Crippen LogP contribution < -0.4 is 14.1 Å². The van der Waals surface area contributed by atoms with Crippen LogP contribution in [0.5, 0.6) is 11.5 Å². The minimum absolute atomic E-state index is 0.0980. The average molecular weight is 547 g/mol. The number of carbonyl (C=O) groups is 2. The smallest absolute Gasteiger partial charge is 0.260 e. The van der Waals surface area contributed by atoms with Crippen molar-refractivity contribution in [1.29, 1.82) is 0 Å². The van der Waals surface area contributed by atoms with Crippen molar-refractivity contribution in [2.24, 2.45) is 0 Å². The molecule has 0 spiro atoms. The maximum absolute atomic E-state index is 13.8. The zero-order valence-corrected chi connectivity index (χ0v) is 26.4. The van der Waals surface area contributed by atoms with Crippen LogP contribution in [0.4, 0.5) is 5.69 Å². The summed E-state index contributed by atoms with van der Waals surface area (Å²) in [6.45, 7) is 21.0. The second-order valence-corrected chi connectivity index (χ2v) is 23.4. The van der Waals surface area contributed by atoms with Crippen molar-refractivity contribution in [3.05, 3.63) is 30.0 Å². The van der Waals surface area contributed by atoms with Crippen LogP contribution in [0.15, 0.2) is 24.4 Å². The maximum Gasteiger partial charge on any atom is 0.260 e. The molecule has 0 bridgehead atoms. The number of rotatable bonds is 11. The molecule has 0 aliphatic carbocycles. The van der Waals surface area contributed by atoms with Crippen LogP contribution in [-0.4, -0.2) is 59.6 Å². The summed E-state index contributed by atoms with van der Waals surface area (Å²) in [5.41, 5.74) is 2.02. The first-order valence-corrected chi connectivity index (χ1v) is 19.4. The minimum Gasteiger partial charge on any atom is -0.540 e. The van der Waals surface area contributed by atoms with Crippen LogP contribution in [0.2, 0.25) is 42.3 Å². The van der Waals surface area contributed by atoms with E-state index in [9.17, 15) is 9.59 Å². The Morgan fingerprint density at radius 1 is 0.973 bits per heavy atom. The van der Waals surface area contributed by atoms with Gasteiger partial charge in [-0.1, -0.05) is 67.3 Å². The number of anilines is 1. The summed E-state index contributed by atoms with van der Waals surface area (Å²) >= 11 is 0. The molecule has 1 atom stereocenters. The Bertz CT molecular complexity index is 1010. The van der Waals surface area contributed by atoms with E-state index in [1.54, 1.807) is 29.2 Å². The summed E-state index contributed by atoms with van der Waals surface area (Å²) in [5.74, 6) is 0.756. The average Bonchev–Trinajstić information content (AvgIpc) is 3.27. The van der Waals surface area contributed by atoms with Gasteiger partial charge < -0.3 is 18.8 Å². The largest absolute Gasteiger partial charge is 0.540 e. The van der Waals surface area contributed by atoms with E-state index in [4.69, 9.17) is 13.9 Å². The summed E-state index contributed by atoms with van der Waals surface area (Å²) in [5, 5.41) is 0. The molecule has 0 fully saturated rings. The zero-order valence-electron chi connectivity index (χ0n) is 24.4. The Kier molecular flexibility index (Phi) is 9.02. The van der Waals surface area contributed by atoms with Gasteiger partial charge in [0, 0.05) is 26.9 Å². The number of amides is 2. The Balaban J connectivity index is 2.11. The monoisotopic (exact) mass is 546 g/mol. The summed E-state index contributed by atoms with van der Waals surface area (Å²) in [7, 11) is -2.01. The first-order valence-electron chi connectivity index (χ1n) is 13.5. The lowest BCUT2D eigenvalue weighted by atomic mass is 10.1. The van der Waals surface area contributed by atoms with Gasteiger partial charge in [-0.2, -0.15) is 0 Å². The molecular formula is C28H46N2O5Si2. The van der Waals surface area contributed by atoms with E-state index in [1.807, 2.05) is 12.1 Å². The second kappa shape index (κ2) is 11.3. The van der Waals surface area contributed by atoms with E-state index in [0.29, 0.717) is 52.4 Å². The van der Waals surface area contributed by atoms with E-state index in [1.165, 1.54) is 0 Å². The fourth-order valence-electron chi connectivity index (χ4n) is 5.78. The van der Waals surface area contributed by atoms with Crippen molar-refractivity contribution in [2.45, 2.75) is 96.3 Å². The number of fused-ring (bicyclic) bond motifs is 2. The predicted octanol–water partition coefficient (Wildman–Crippen LogP) is 6.64. The van der Waals surface area contributed by atoms with Crippen LogP contribution in [-0.2, 0) is 9.53 Å². The van der Waals surface area contributed by atoms with E-state index in [2.05, 4.69) is 61.2 Å². The molecule has 1 aromatic rings. The fourth-order valence-corrected chi connectivity index (χ4v) is 11.8. The molecule has 0 radical (unpaired) electrons. The standard InChI is InChI=1S/C28H46N2O5Si2/c1-19(2)37(20(3)4,21(5)6)35-26-17-24-22(16-25(26)33-7)27(31)29-13-11-12-23(29)28(32)30(24)18-34-14-15-36(8,9)10/h11,13,16-17,19-21,23H,12,14-15,18H2,1-10H3/t23-/m0/s1. The molecule has 7 nitrogen and oxygen atoms in total. The number of nitrogens with zero attached hydrogens (tertiary/aromatic N) is 2. The Morgan fingerprint density at radius 3 is 2.14 bits per heavy atom. The lowest BCUT2D eigenvalue weighted by Gasteiger charge is -2.42. The molecule has 0 saturated carbocycles. The van der Waals surface area contributed by atoms with Gasteiger partial charge >= 0.3 is 0 Å². The van der Waals surface area contributed by atoms with E-state index in [-0.39, 0.29) is 18.5 Å². The van der Waals surface area contributed by atoms with Crippen molar-refractivity contribution in [3.8, 4) is 11.5 Å². The highest BCUT2D eigenvalue weighted by Crippen LogP contribution is 2.47. The van der Waals surface area contributed by atoms with Gasteiger partial charge in [0.25, 0.3) is 20.1 Å². The molecule has 2 heterocycles. The first-order chi connectivity index (χ1) is 17.2. The zero-order chi connectivity index (χ0) is 27.7. The molecule has 1 aromatic carbocycles. The highest BCUT2D eigenvalue weighted by atomic mass is 28.4. The number of hydrogen-bond donors (Lipinski definition) is 0. The van der Waals surface area contributed by atoms with Gasteiger partial charge in [-0.05, 0) is 35.2 Å². The first kappa shape index (κ1) is 29.4. The van der Waals surface area contributed by atoms with Crippen molar-refractivity contribution in [3.63, 3.8) is 0 Å². The number of ether oxygens (including phenoxy) is 2. The molecular weight excluding hydrogens is 500 g/mol. The van der Waals surface area contributed by atoms with E-state index < -0.39 is 22.4 Å². The van der Waals surface area contributed by atoms with Gasteiger partial charge in [-0.3, -0.25) is 14.5 Å². The van der Waals surface area contributed by atoms with Crippen LogP contribution in [0, 0.1) is 0 Å². The third-order valence-corrected chi connectivity index (χ3v) is 15.5. The molecule has 0 aromatic heterocycles. The molecule has 37 heavy (non-hydrogen) atoms. The summed E-state index contributed by atoms with van der Waals surface area (Å²) in [6, 6.07) is 4.02. The second-order valence-electron chi connectivity index (χ2n) is 12.4. The predicted molar refractivity (Wildman–Crippen MR) is 155 cm³/mol. The summed E-state index contributed by atoms with van der Waals surface area (Å²) < 4.78 is 18.8. The fraction of sp³-hybridized carbons (Fsp3) is 0.643. The third-order valence-electron chi connectivity index (χ3n) is 7.76. The number of carbonyl (C=O) groups excluding carboxylic acids is 2. The number of methoxy groups -OCH3 is 1. The van der Waals surface area contributed by atoms with Crippen molar-refractivity contribution in [1.82, 2.24) is 4.90 Å². The van der Waals surface area contributed by atoms with E-state index in [0.717, 1.165) is 6.04 Å². The summed E-state index contributed by atoms with van der Waals surface area (Å²) in [6.07, 6.45) is 4.09.